The molecule has 168 valence electrons. The van der Waals surface area contributed by atoms with Crippen LogP contribution in [0.2, 0.25) is 0 Å². The average Bonchev–Trinajstić information content (AvgIpc) is 3.03. The predicted octanol–water partition coefficient (Wildman–Crippen LogP) is 4.30. The Morgan fingerprint density at radius 2 is 1.65 bits per heavy atom. The van der Waals surface area contributed by atoms with Gasteiger partial charge < -0.3 is 14.4 Å². The Kier molecular flexibility index (Phi) is 7.43. The third-order valence-corrected chi connectivity index (χ3v) is 6.46. The highest BCUT2D eigenvalue weighted by molar-refractivity contribution is 7.92. The second kappa shape index (κ2) is 10.0. The Balaban J connectivity index is 1.84. The Morgan fingerprint density at radius 3 is 2.23 bits per heavy atom. The van der Waals surface area contributed by atoms with Gasteiger partial charge in [0.05, 0.1) is 23.7 Å². The second-order valence-corrected chi connectivity index (χ2v) is 9.55. The molecule has 2 aromatic rings. The van der Waals surface area contributed by atoms with E-state index in [2.05, 4.69) is 4.72 Å². The summed E-state index contributed by atoms with van der Waals surface area (Å²) in [6.45, 7) is 5.18. The lowest BCUT2D eigenvalue weighted by molar-refractivity contribution is 0.0758. The summed E-state index contributed by atoms with van der Waals surface area (Å²) in [6, 6.07) is 11.1. The van der Waals surface area contributed by atoms with Crippen molar-refractivity contribution in [2.45, 2.75) is 50.5 Å². The van der Waals surface area contributed by atoms with Gasteiger partial charge in [0.25, 0.3) is 15.9 Å². The first kappa shape index (κ1) is 22.9. The molecule has 1 heterocycles. The molecule has 0 unspecified atom stereocenters. The van der Waals surface area contributed by atoms with E-state index in [9.17, 15) is 13.2 Å². The topological polar surface area (TPSA) is 84.9 Å². The Morgan fingerprint density at radius 1 is 1.00 bits per heavy atom. The standard InChI is InChI=1S/C23H30N2O5S/c1-17(2)30-19-10-8-18(9-11-19)24-31(27,28)20-12-13-22(29-3)21(16-20)23(26)25-14-6-4-5-7-15-25/h8-13,16-17,24H,4-7,14-15H2,1-3H3. The van der Waals surface area contributed by atoms with Crippen LogP contribution in [0.5, 0.6) is 11.5 Å². The zero-order valence-electron chi connectivity index (χ0n) is 18.3. The van der Waals surface area contributed by atoms with Gasteiger partial charge >= 0.3 is 0 Å². The molecule has 2 aromatic carbocycles. The van der Waals surface area contributed by atoms with E-state index in [-0.39, 0.29) is 22.5 Å². The highest BCUT2D eigenvalue weighted by atomic mass is 32.2. The lowest BCUT2D eigenvalue weighted by Crippen LogP contribution is -2.32. The van der Waals surface area contributed by atoms with Crippen LogP contribution in [0.1, 0.15) is 49.9 Å². The summed E-state index contributed by atoms with van der Waals surface area (Å²) in [6.07, 6.45) is 4.12. The number of rotatable bonds is 7. The van der Waals surface area contributed by atoms with Crippen molar-refractivity contribution in [3.05, 3.63) is 48.0 Å². The van der Waals surface area contributed by atoms with Crippen LogP contribution in [-0.4, -0.2) is 45.5 Å². The molecule has 1 aliphatic rings. The van der Waals surface area contributed by atoms with E-state index in [1.807, 2.05) is 13.8 Å². The minimum absolute atomic E-state index is 0.00831. The quantitative estimate of drug-likeness (QED) is 0.685. The Bertz CT molecular complexity index is 995. The van der Waals surface area contributed by atoms with E-state index < -0.39 is 10.0 Å². The molecule has 3 rings (SSSR count). The van der Waals surface area contributed by atoms with Crippen LogP contribution in [0.4, 0.5) is 5.69 Å². The average molecular weight is 447 g/mol. The van der Waals surface area contributed by atoms with Gasteiger partial charge in [-0.25, -0.2) is 8.42 Å². The fourth-order valence-electron chi connectivity index (χ4n) is 3.55. The number of hydrogen-bond donors (Lipinski definition) is 1. The van der Waals surface area contributed by atoms with E-state index in [0.29, 0.717) is 30.3 Å². The monoisotopic (exact) mass is 446 g/mol. The molecule has 1 fully saturated rings. The van der Waals surface area contributed by atoms with Crippen molar-refractivity contribution in [1.82, 2.24) is 4.90 Å². The summed E-state index contributed by atoms with van der Waals surface area (Å²) >= 11 is 0. The zero-order chi connectivity index (χ0) is 22.4. The fraction of sp³-hybridized carbons (Fsp3) is 0.435. The van der Waals surface area contributed by atoms with Gasteiger partial charge in [0.2, 0.25) is 0 Å². The molecule has 31 heavy (non-hydrogen) atoms. The molecule has 7 nitrogen and oxygen atoms in total. The minimum atomic E-state index is -3.89. The minimum Gasteiger partial charge on any atom is -0.496 e. The van der Waals surface area contributed by atoms with Gasteiger partial charge in [-0.15, -0.1) is 0 Å². The number of nitrogens with zero attached hydrogens (tertiary/aromatic N) is 1. The molecule has 8 heteroatoms. The van der Waals surface area contributed by atoms with Crippen molar-refractivity contribution in [1.29, 1.82) is 0 Å². The van der Waals surface area contributed by atoms with Crippen molar-refractivity contribution in [3.63, 3.8) is 0 Å². The van der Waals surface area contributed by atoms with Gasteiger partial charge in [-0.05, 0) is 69.2 Å². The SMILES string of the molecule is COc1ccc(S(=O)(=O)Nc2ccc(OC(C)C)cc2)cc1C(=O)N1CCCCCC1. The number of hydrogen-bond acceptors (Lipinski definition) is 5. The first-order valence-electron chi connectivity index (χ1n) is 10.6. The van der Waals surface area contributed by atoms with E-state index in [1.165, 1.54) is 25.3 Å². The maximum Gasteiger partial charge on any atom is 0.261 e. The summed E-state index contributed by atoms with van der Waals surface area (Å²) in [5, 5.41) is 0. The molecule has 0 bridgehead atoms. The Hall–Kier alpha value is -2.74. The number of nitrogens with one attached hydrogen (secondary N) is 1. The first-order valence-corrected chi connectivity index (χ1v) is 12.1. The third-order valence-electron chi connectivity index (χ3n) is 5.08. The van der Waals surface area contributed by atoms with Gasteiger partial charge in [-0.3, -0.25) is 9.52 Å². The summed E-state index contributed by atoms with van der Waals surface area (Å²) in [4.78, 5) is 14.9. The predicted molar refractivity (Wildman–Crippen MR) is 120 cm³/mol. The number of methoxy groups -OCH3 is 1. The molecule has 1 amide bonds. The van der Waals surface area contributed by atoms with Crippen LogP contribution >= 0.6 is 0 Å². The summed E-state index contributed by atoms with van der Waals surface area (Å²) in [5.41, 5.74) is 0.667. The van der Waals surface area contributed by atoms with Crippen molar-refractivity contribution >= 4 is 21.6 Å². The molecular weight excluding hydrogens is 416 g/mol. The van der Waals surface area contributed by atoms with E-state index in [0.717, 1.165) is 25.7 Å². The van der Waals surface area contributed by atoms with Crippen LogP contribution in [0, 0.1) is 0 Å². The molecule has 1 N–H and O–H groups in total. The van der Waals surface area contributed by atoms with Crippen LogP contribution in [0.25, 0.3) is 0 Å². The number of benzene rings is 2. The van der Waals surface area contributed by atoms with Gasteiger partial charge in [0.15, 0.2) is 0 Å². The molecule has 1 aliphatic heterocycles. The highest BCUT2D eigenvalue weighted by Crippen LogP contribution is 2.27. The van der Waals surface area contributed by atoms with Gasteiger partial charge in [-0.1, -0.05) is 12.8 Å². The molecule has 1 saturated heterocycles. The van der Waals surface area contributed by atoms with Crippen molar-refractivity contribution in [3.8, 4) is 11.5 Å². The largest absolute Gasteiger partial charge is 0.496 e. The smallest absolute Gasteiger partial charge is 0.261 e. The molecule has 0 spiro atoms. The number of carbonyl (C=O) groups excluding carboxylic acids is 1. The van der Waals surface area contributed by atoms with E-state index in [4.69, 9.17) is 9.47 Å². The van der Waals surface area contributed by atoms with Crippen LogP contribution in [0.3, 0.4) is 0 Å². The first-order chi connectivity index (χ1) is 14.8. The van der Waals surface area contributed by atoms with Crippen molar-refractivity contribution < 1.29 is 22.7 Å². The lowest BCUT2D eigenvalue weighted by atomic mass is 10.1. The number of carbonyl (C=O) groups is 1. The number of amides is 1. The van der Waals surface area contributed by atoms with Crippen LogP contribution < -0.4 is 14.2 Å². The van der Waals surface area contributed by atoms with Gasteiger partial charge in [0, 0.05) is 18.8 Å². The van der Waals surface area contributed by atoms with Crippen molar-refractivity contribution in [2.24, 2.45) is 0 Å². The Labute approximate surface area is 184 Å². The molecule has 0 saturated carbocycles. The molecule has 0 aliphatic carbocycles. The van der Waals surface area contributed by atoms with Gasteiger partial charge in [-0.2, -0.15) is 0 Å². The number of anilines is 1. The second-order valence-electron chi connectivity index (χ2n) is 7.86. The molecule has 0 radical (unpaired) electrons. The number of likely N-dealkylation sites (tertiary alicyclic amines) is 1. The van der Waals surface area contributed by atoms with Crippen LogP contribution in [-0.2, 0) is 10.0 Å². The van der Waals surface area contributed by atoms with Crippen LogP contribution in [0.15, 0.2) is 47.4 Å². The summed E-state index contributed by atoms with van der Waals surface area (Å²) < 4.78 is 39.4. The number of sulfonamides is 1. The third kappa shape index (κ3) is 5.91. The maximum absolute atomic E-state index is 13.1. The zero-order valence-corrected chi connectivity index (χ0v) is 19.1. The highest BCUT2D eigenvalue weighted by Gasteiger charge is 2.24. The number of ether oxygens (including phenoxy) is 2. The molecule has 0 aromatic heterocycles. The summed E-state index contributed by atoms with van der Waals surface area (Å²) in [7, 11) is -2.41. The molecular formula is C23H30N2O5S. The normalized spacial score (nSPS) is 14.8. The lowest BCUT2D eigenvalue weighted by Gasteiger charge is -2.22. The van der Waals surface area contributed by atoms with Crippen molar-refractivity contribution in [2.75, 3.05) is 24.9 Å². The summed E-state index contributed by atoms with van der Waals surface area (Å²) in [5.74, 6) is 0.821. The fourth-order valence-corrected chi connectivity index (χ4v) is 4.64. The van der Waals surface area contributed by atoms with E-state index >= 15 is 0 Å². The maximum atomic E-state index is 13.1. The van der Waals surface area contributed by atoms with Gasteiger partial charge in [0.1, 0.15) is 11.5 Å². The molecule has 0 atom stereocenters. The van der Waals surface area contributed by atoms with E-state index in [1.54, 1.807) is 29.2 Å².